The molecule has 2 aromatic heterocycles. The van der Waals surface area contributed by atoms with Crippen molar-refractivity contribution in [2.75, 3.05) is 0 Å². The number of nitrogens with one attached hydrogen (secondary N) is 1. The highest BCUT2D eigenvalue weighted by Gasteiger charge is 2.48. The van der Waals surface area contributed by atoms with Crippen LogP contribution in [0.4, 0.5) is 0 Å². The second kappa shape index (κ2) is 9.06. The molecule has 0 spiro atoms. The van der Waals surface area contributed by atoms with Gasteiger partial charge in [-0.1, -0.05) is 31.0 Å². The van der Waals surface area contributed by atoms with Crippen molar-refractivity contribution in [1.29, 1.82) is 0 Å². The van der Waals surface area contributed by atoms with Gasteiger partial charge in [-0.15, -0.1) is 0 Å². The number of benzene rings is 1. The molecule has 3 aromatic rings. The summed E-state index contributed by atoms with van der Waals surface area (Å²) in [5.41, 5.74) is 3.19. The summed E-state index contributed by atoms with van der Waals surface area (Å²) in [5, 5.41) is 3.65. The maximum absolute atomic E-state index is 13.8. The Hall–Kier alpha value is -3.45. The molecule has 0 unspecified atom stereocenters. The predicted octanol–water partition coefficient (Wildman–Crippen LogP) is 3.82. The average molecular weight is 480 g/mol. The Bertz CT molecular complexity index is 1380. The Kier molecular flexibility index (Phi) is 6.32. The fourth-order valence-corrected chi connectivity index (χ4v) is 4.66. The van der Waals surface area contributed by atoms with Gasteiger partial charge in [0.15, 0.2) is 12.4 Å². The fourth-order valence-electron chi connectivity index (χ4n) is 4.48. The highest BCUT2D eigenvalue weighted by atomic mass is 35.5. The van der Waals surface area contributed by atoms with Gasteiger partial charge in [-0.05, 0) is 58.4 Å². The van der Waals surface area contributed by atoms with Crippen LogP contribution < -0.4 is 10.1 Å². The molecular formula is C26H28ClN4O3+. The molecule has 4 rings (SSSR count). The minimum absolute atomic E-state index is 0.124. The second-order valence-electron chi connectivity index (χ2n) is 8.93. The summed E-state index contributed by atoms with van der Waals surface area (Å²) in [5.74, 6) is -0.879. The lowest BCUT2D eigenvalue weighted by molar-refractivity contribution is -0.577. The van der Waals surface area contributed by atoms with E-state index in [1.54, 1.807) is 55.1 Å². The van der Waals surface area contributed by atoms with Crippen molar-refractivity contribution in [3.8, 4) is 5.69 Å². The fraction of sp³-hybridized carbons (Fsp3) is 0.308. The number of carbonyl (C=O) groups excluding carboxylic acids is 2. The molecule has 7 nitrogen and oxygen atoms in total. The summed E-state index contributed by atoms with van der Waals surface area (Å²) < 4.78 is 3.06. The van der Waals surface area contributed by atoms with Crippen LogP contribution in [0, 0.1) is 13.8 Å². The van der Waals surface area contributed by atoms with Crippen molar-refractivity contribution >= 4 is 34.7 Å². The van der Waals surface area contributed by atoms with Crippen LogP contribution >= 0.6 is 11.6 Å². The van der Waals surface area contributed by atoms with E-state index in [9.17, 15) is 14.4 Å². The number of nitrogens with zero attached hydrogens (tertiary/aromatic N) is 3. The monoisotopic (exact) mass is 479 g/mol. The highest BCUT2D eigenvalue weighted by Crippen LogP contribution is 2.32. The van der Waals surface area contributed by atoms with Gasteiger partial charge in [0.05, 0.1) is 11.3 Å². The number of H-pyrrole nitrogens is 1. The van der Waals surface area contributed by atoms with E-state index in [2.05, 4.69) is 5.10 Å². The minimum atomic E-state index is -0.464. The number of carbonyl (C=O) groups is 2. The molecule has 0 atom stereocenters. The summed E-state index contributed by atoms with van der Waals surface area (Å²) in [6.07, 6.45) is 4.89. The van der Waals surface area contributed by atoms with Crippen LogP contribution in [0.15, 0.2) is 47.5 Å². The van der Waals surface area contributed by atoms with E-state index in [0.717, 1.165) is 17.5 Å². The predicted molar refractivity (Wildman–Crippen MR) is 132 cm³/mol. The van der Waals surface area contributed by atoms with Crippen molar-refractivity contribution in [2.24, 2.45) is 0 Å². The van der Waals surface area contributed by atoms with Crippen LogP contribution in [-0.2, 0) is 16.0 Å². The molecule has 0 aliphatic carbocycles. The van der Waals surface area contributed by atoms with E-state index in [-0.39, 0.29) is 22.9 Å². The molecular weight excluding hydrogens is 452 g/mol. The maximum atomic E-state index is 13.8. The normalized spacial score (nSPS) is 14.1. The van der Waals surface area contributed by atoms with Crippen molar-refractivity contribution in [3.05, 3.63) is 80.5 Å². The van der Waals surface area contributed by atoms with Gasteiger partial charge in [-0.3, -0.25) is 24.4 Å². The van der Waals surface area contributed by atoms with Crippen LogP contribution in [0.25, 0.3) is 17.0 Å². The van der Waals surface area contributed by atoms with Gasteiger partial charge in [0, 0.05) is 27.9 Å². The standard InChI is InChI=1S/C26H27ClN4O3/c1-6-8-20-21(25(33)31(28-20)19-10-7-9-18(27)12-19)22-23(26(34)30(15(2)3)24(22)32)29-13-16(4)11-17(5)14-29/h7,9-15H,6,8H2,1-5H3/p+1. The molecule has 176 valence electrons. The molecule has 0 saturated heterocycles. The number of hydrogen-bond acceptors (Lipinski definition) is 3. The molecule has 3 heterocycles. The molecule has 1 N–H and O–H groups in total. The van der Waals surface area contributed by atoms with E-state index < -0.39 is 17.4 Å². The Balaban J connectivity index is 2.06. The van der Waals surface area contributed by atoms with Crippen molar-refractivity contribution in [3.63, 3.8) is 0 Å². The maximum Gasteiger partial charge on any atom is 0.327 e. The molecule has 1 aliphatic heterocycles. The summed E-state index contributed by atoms with van der Waals surface area (Å²) in [6.45, 7) is 9.43. The Morgan fingerprint density at radius 3 is 2.29 bits per heavy atom. The SMILES string of the molecule is CCCc1[nH]n(-c2cccc(Cl)c2)c(=O)c1C1=C([n+]2cc(C)cc(C)c2)C(=O)N(C(C)C)C1=O. The smallest absolute Gasteiger partial charge is 0.294 e. The van der Waals surface area contributed by atoms with Crippen molar-refractivity contribution in [1.82, 2.24) is 14.7 Å². The van der Waals surface area contributed by atoms with Gasteiger partial charge in [-0.25, -0.2) is 4.68 Å². The molecule has 0 saturated carbocycles. The third kappa shape index (κ3) is 4.01. The number of rotatable bonds is 6. The first kappa shape index (κ1) is 23.7. The molecule has 0 fully saturated rings. The third-order valence-corrected chi connectivity index (χ3v) is 6.02. The summed E-state index contributed by atoms with van der Waals surface area (Å²) in [4.78, 5) is 42.2. The van der Waals surface area contributed by atoms with Gasteiger partial charge in [0.25, 0.3) is 17.2 Å². The van der Waals surface area contributed by atoms with Crippen LogP contribution in [0.1, 0.15) is 49.6 Å². The summed E-state index contributed by atoms with van der Waals surface area (Å²) in [7, 11) is 0. The number of amides is 2. The van der Waals surface area contributed by atoms with Gasteiger partial charge < -0.3 is 0 Å². The second-order valence-corrected chi connectivity index (χ2v) is 9.37. The van der Waals surface area contributed by atoms with E-state index in [0.29, 0.717) is 22.8 Å². The molecule has 1 aromatic carbocycles. The number of aromatic nitrogens is 3. The van der Waals surface area contributed by atoms with Gasteiger partial charge in [0.2, 0.25) is 0 Å². The van der Waals surface area contributed by atoms with E-state index in [4.69, 9.17) is 11.6 Å². The Morgan fingerprint density at radius 2 is 1.71 bits per heavy atom. The van der Waals surface area contributed by atoms with Crippen LogP contribution in [0.3, 0.4) is 0 Å². The van der Waals surface area contributed by atoms with Gasteiger partial charge in [0.1, 0.15) is 5.57 Å². The number of imide groups is 1. The number of halogens is 1. The lowest BCUT2D eigenvalue weighted by atomic mass is 10.0. The zero-order chi connectivity index (χ0) is 24.7. The van der Waals surface area contributed by atoms with Crippen LogP contribution in [0.2, 0.25) is 5.02 Å². The van der Waals surface area contributed by atoms with E-state index >= 15 is 0 Å². The molecule has 8 heteroatoms. The quantitative estimate of drug-likeness (QED) is 0.431. The molecule has 0 bridgehead atoms. The van der Waals surface area contributed by atoms with Gasteiger partial charge >= 0.3 is 5.91 Å². The zero-order valence-corrected chi connectivity index (χ0v) is 20.7. The number of pyridine rings is 1. The zero-order valence-electron chi connectivity index (χ0n) is 20.0. The Labute approximate surface area is 203 Å². The molecule has 0 radical (unpaired) electrons. The first-order valence-electron chi connectivity index (χ1n) is 11.4. The number of hydrogen-bond donors (Lipinski definition) is 1. The third-order valence-electron chi connectivity index (χ3n) is 5.79. The highest BCUT2D eigenvalue weighted by molar-refractivity contribution is 6.44. The lowest BCUT2D eigenvalue weighted by Gasteiger charge is -2.17. The summed E-state index contributed by atoms with van der Waals surface area (Å²) >= 11 is 6.16. The topological polar surface area (TPSA) is 79.1 Å². The Morgan fingerprint density at radius 1 is 1.03 bits per heavy atom. The van der Waals surface area contributed by atoms with Crippen molar-refractivity contribution in [2.45, 2.75) is 53.5 Å². The summed E-state index contributed by atoms with van der Waals surface area (Å²) in [6, 6.07) is 8.55. The molecule has 34 heavy (non-hydrogen) atoms. The van der Waals surface area contributed by atoms with Crippen molar-refractivity contribution < 1.29 is 14.2 Å². The minimum Gasteiger partial charge on any atom is -0.294 e. The average Bonchev–Trinajstić information content (AvgIpc) is 3.20. The van der Waals surface area contributed by atoms with Crippen LogP contribution in [-0.4, -0.2) is 32.5 Å². The first-order valence-corrected chi connectivity index (χ1v) is 11.7. The van der Waals surface area contributed by atoms with E-state index in [1.807, 2.05) is 26.8 Å². The van der Waals surface area contributed by atoms with Crippen LogP contribution in [0.5, 0.6) is 0 Å². The lowest BCUT2D eigenvalue weighted by Crippen LogP contribution is -2.42. The largest absolute Gasteiger partial charge is 0.327 e. The van der Waals surface area contributed by atoms with Gasteiger partial charge in [-0.2, -0.15) is 4.57 Å². The van der Waals surface area contributed by atoms with E-state index in [1.165, 1.54) is 9.58 Å². The molecule has 1 aliphatic rings. The number of aryl methyl sites for hydroxylation is 3. The molecule has 2 amide bonds. The first-order chi connectivity index (χ1) is 16.1. The number of aromatic amines is 1.